The van der Waals surface area contributed by atoms with Crippen LogP contribution in [0.5, 0.6) is 0 Å². The van der Waals surface area contributed by atoms with Gasteiger partial charge in [-0.05, 0) is 37.9 Å². The van der Waals surface area contributed by atoms with Crippen LogP contribution in [0.3, 0.4) is 0 Å². The van der Waals surface area contributed by atoms with Crippen LogP contribution in [0.15, 0.2) is 24.3 Å². The van der Waals surface area contributed by atoms with Crippen LogP contribution in [0.25, 0.3) is 6.08 Å². The van der Waals surface area contributed by atoms with Gasteiger partial charge in [-0.25, -0.2) is 0 Å². The first-order valence-corrected chi connectivity index (χ1v) is 6.07. The first-order valence-electron chi connectivity index (χ1n) is 6.07. The molecule has 0 aliphatic carbocycles. The zero-order valence-corrected chi connectivity index (χ0v) is 10.9. The lowest BCUT2D eigenvalue weighted by molar-refractivity contribution is 0.595. The highest BCUT2D eigenvalue weighted by Crippen LogP contribution is 2.12. The van der Waals surface area contributed by atoms with Crippen LogP contribution < -0.4 is 5.32 Å². The van der Waals surface area contributed by atoms with Crippen molar-refractivity contribution in [2.24, 2.45) is 0 Å². The van der Waals surface area contributed by atoms with Gasteiger partial charge >= 0.3 is 0 Å². The number of aryl methyl sites for hydroxylation is 2. The molecule has 1 rings (SSSR count). The highest BCUT2D eigenvalue weighted by Gasteiger charge is 1.94. The minimum absolute atomic E-state index is 0.578. The Bertz CT molecular complexity index is 350. The summed E-state index contributed by atoms with van der Waals surface area (Å²) < 4.78 is 0. The van der Waals surface area contributed by atoms with E-state index < -0.39 is 0 Å². The highest BCUT2D eigenvalue weighted by molar-refractivity contribution is 5.54. The fraction of sp³-hybridized carbons (Fsp3) is 0.467. The molecule has 88 valence electrons. The topological polar surface area (TPSA) is 12.0 Å². The number of rotatable bonds is 5. The van der Waals surface area contributed by atoms with Gasteiger partial charge in [-0.2, -0.15) is 0 Å². The average Bonchev–Trinajstić information content (AvgIpc) is 2.22. The molecule has 0 saturated carbocycles. The van der Waals surface area contributed by atoms with Crippen LogP contribution in [-0.2, 0) is 0 Å². The van der Waals surface area contributed by atoms with E-state index in [4.69, 9.17) is 0 Å². The molecule has 0 bridgehead atoms. The average molecular weight is 217 g/mol. The molecule has 1 aromatic rings. The minimum Gasteiger partial charge on any atom is -0.314 e. The van der Waals surface area contributed by atoms with Gasteiger partial charge in [0.05, 0.1) is 0 Å². The molecule has 0 amide bonds. The van der Waals surface area contributed by atoms with Gasteiger partial charge in [-0.15, -0.1) is 0 Å². The van der Waals surface area contributed by atoms with Gasteiger partial charge in [0, 0.05) is 6.04 Å². The summed E-state index contributed by atoms with van der Waals surface area (Å²) in [6.07, 6.45) is 5.56. The van der Waals surface area contributed by atoms with Crippen molar-refractivity contribution in [3.63, 3.8) is 0 Å². The first-order chi connectivity index (χ1) is 7.59. The Morgan fingerprint density at radius 3 is 2.69 bits per heavy atom. The second-order valence-corrected chi connectivity index (χ2v) is 4.66. The van der Waals surface area contributed by atoms with E-state index in [1.54, 1.807) is 0 Å². The number of hydrogen-bond acceptors (Lipinski definition) is 1. The molecule has 1 nitrogen and oxygen atoms in total. The second kappa shape index (κ2) is 6.49. The molecule has 0 aromatic heterocycles. The van der Waals surface area contributed by atoms with Gasteiger partial charge in [-0.1, -0.05) is 49.8 Å². The molecule has 0 unspecified atom stereocenters. The highest BCUT2D eigenvalue weighted by atomic mass is 14.9. The molecule has 0 aliphatic heterocycles. The fourth-order valence-electron chi connectivity index (χ4n) is 1.61. The van der Waals surface area contributed by atoms with Crippen molar-refractivity contribution in [1.82, 2.24) is 5.32 Å². The summed E-state index contributed by atoms with van der Waals surface area (Å²) in [5.41, 5.74) is 4.01. The zero-order valence-electron chi connectivity index (χ0n) is 10.9. The van der Waals surface area contributed by atoms with E-state index in [9.17, 15) is 0 Å². The van der Waals surface area contributed by atoms with Gasteiger partial charge in [0.15, 0.2) is 0 Å². The first kappa shape index (κ1) is 13.0. The maximum Gasteiger partial charge on any atom is 0.00105 e. The third kappa shape index (κ3) is 4.63. The van der Waals surface area contributed by atoms with Crippen LogP contribution in [0.4, 0.5) is 0 Å². The zero-order chi connectivity index (χ0) is 12.0. The van der Waals surface area contributed by atoms with E-state index in [1.165, 1.54) is 16.7 Å². The van der Waals surface area contributed by atoms with Crippen LogP contribution in [0.1, 0.15) is 37.0 Å². The lowest BCUT2D eigenvalue weighted by atomic mass is 10.1. The molecule has 16 heavy (non-hydrogen) atoms. The van der Waals surface area contributed by atoms with E-state index in [2.05, 4.69) is 63.4 Å². The lowest BCUT2D eigenvalue weighted by Gasteiger charge is -2.05. The molecular weight excluding hydrogens is 194 g/mol. The summed E-state index contributed by atoms with van der Waals surface area (Å²) in [6.45, 7) is 9.70. The Morgan fingerprint density at radius 2 is 2.00 bits per heavy atom. The van der Waals surface area contributed by atoms with Gasteiger partial charge in [0.25, 0.3) is 0 Å². The number of benzene rings is 1. The van der Waals surface area contributed by atoms with Crippen LogP contribution in [-0.4, -0.2) is 12.6 Å². The second-order valence-electron chi connectivity index (χ2n) is 4.66. The van der Waals surface area contributed by atoms with E-state index in [1.807, 2.05) is 0 Å². The summed E-state index contributed by atoms with van der Waals surface area (Å²) in [6, 6.07) is 7.16. The van der Waals surface area contributed by atoms with Crippen molar-refractivity contribution in [2.75, 3.05) is 6.54 Å². The Kier molecular flexibility index (Phi) is 5.27. The maximum atomic E-state index is 3.41. The largest absolute Gasteiger partial charge is 0.314 e. The van der Waals surface area contributed by atoms with E-state index in [0.717, 1.165) is 13.0 Å². The van der Waals surface area contributed by atoms with Gasteiger partial charge < -0.3 is 5.32 Å². The van der Waals surface area contributed by atoms with E-state index >= 15 is 0 Å². The summed E-state index contributed by atoms with van der Waals surface area (Å²) in [5.74, 6) is 0. The van der Waals surface area contributed by atoms with Crippen molar-refractivity contribution in [3.05, 3.63) is 41.0 Å². The molecule has 0 heterocycles. The fourth-order valence-corrected chi connectivity index (χ4v) is 1.61. The Hall–Kier alpha value is -1.08. The monoisotopic (exact) mass is 217 g/mol. The molecule has 0 aliphatic rings. The van der Waals surface area contributed by atoms with Crippen molar-refractivity contribution in [3.8, 4) is 0 Å². The van der Waals surface area contributed by atoms with Crippen LogP contribution in [0.2, 0.25) is 0 Å². The van der Waals surface area contributed by atoms with Crippen molar-refractivity contribution < 1.29 is 0 Å². The molecular formula is C15H23N. The number of nitrogens with one attached hydrogen (secondary N) is 1. The third-order valence-electron chi connectivity index (χ3n) is 2.60. The van der Waals surface area contributed by atoms with Crippen molar-refractivity contribution >= 4 is 6.08 Å². The molecule has 1 aromatic carbocycles. The summed E-state index contributed by atoms with van der Waals surface area (Å²) in [5, 5.41) is 3.41. The Balaban J connectivity index is 2.46. The summed E-state index contributed by atoms with van der Waals surface area (Å²) >= 11 is 0. The SMILES string of the molecule is Cc1ccc(C)c(C=CCCNC(C)C)c1. The molecule has 0 fully saturated rings. The molecule has 0 saturated heterocycles. The van der Waals surface area contributed by atoms with Gasteiger partial charge in [0.2, 0.25) is 0 Å². The van der Waals surface area contributed by atoms with Crippen molar-refractivity contribution in [1.29, 1.82) is 0 Å². The summed E-state index contributed by atoms with van der Waals surface area (Å²) in [4.78, 5) is 0. The predicted octanol–water partition coefficient (Wildman–Crippen LogP) is 3.70. The predicted molar refractivity (Wildman–Crippen MR) is 72.7 cm³/mol. The van der Waals surface area contributed by atoms with Crippen LogP contribution in [0, 0.1) is 13.8 Å². The lowest BCUT2D eigenvalue weighted by Crippen LogP contribution is -2.23. The maximum absolute atomic E-state index is 3.41. The Labute approximate surface area is 99.6 Å². The van der Waals surface area contributed by atoms with Crippen molar-refractivity contribution in [2.45, 2.75) is 40.2 Å². The van der Waals surface area contributed by atoms with E-state index in [0.29, 0.717) is 6.04 Å². The normalized spacial score (nSPS) is 11.6. The molecule has 1 heteroatoms. The molecule has 1 N–H and O–H groups in total. The molecule has 0 radical (unpaired) electrons. The van der Waals surface area contributed by atoms with Gasteiger partial charge in [0.1, 0.15) is 0 Å². The standard InChI is InChI=1S/C15H23N/c1-12(2)16-10-6-5-7-15-11-13(3)8-9-14(15)4/h5,7-9,11-12,16H,6,10H2,1-4H3. The molecule has 0 atom stereocenters. The minimum atomic E-state index is 0.578. The smallest absolute Gasteiger partial charge is 0.00105 e. The third-order valence-corrected chi connectivity index (χ3v) is 2.60. The van der Waals surface area contributed by atoms with E-state index in [-0.39, 0.29) is 0 Å². The Morgan fingerprint density at radius 1 is 1.25 bits per heavy atom. The van der Waals surface area contributed by atoms with Crippen LogP contribution >= 0.6 is 0 Å². The quantitative estimate of drug-likeness (QED) is 0.741. The van der Waals surface area contributed by atoms with Gasteiger partial charge in [-0.3, -0.25) is 0 Å². The molecule has 0 spiro atoms. The number of hydrogen-bond donors (Lipinski definition) is 1. The summed E-state index contributed by atoms with van der Waals surface area (Å²) in [7, 11) is 0.